The lowest BCUT2D eigenvalue weighted by Gasteiger charge is -2.31. The van der Waals surface area contributed by atoms with Crippen molar-refractivity contribution < 1.29 is 19.1 Å². The van der Waals surface area contributed by atoms with E-state index in [1.807, 2.05) is 30.4 Å². The molecule has 1 aromatic rings. The number of amides is 1. The van der Waals surface area contributed by atoms with Crippen molar-refractivity contribution in [2.75, 3.05) is 27.3 Å². The van der Waals surface area contributed by atoms with Crippen LogP contribution in [-0.4, -0.2) is 54.8 Å². The van der Waals surface area contributed by atoms with Crippen LogP contribution in [0.3, 0.4) is 0 Å². The Labute approximate surface area is 213 Å². The summed E-state index contributed by atoms with van der Waals surface area (Å²) < 4.78 is 11.7. The molecule has 0 bridgehead atoms. The Morgan fingerprint density at radius 2 is 1.97 bits per heavy atom. The molecule has 35 heavy (non-hydrogen) atoms. The lowest BCUT2D eigenvalue weighted by molar-refractivity contribution is -0.130. The topological polar surface area (TPSA) is 59.1 Å². The van der Waals surface area contributed by atoms with Crippen LogP contribution in [0.2, 0.25) is 0 Å². The number of benzene rings is 1. The van der Waals surface area contributed by atoms with E-state index in [2.05, 4.69) is 11.9 Å². The van der Waals surface area contributed by atoms with Crippen LogP contribution in [0.25, 0.3) is 0 Å². The molecule has 1 unspecified atom stereocenters. The number of nitrogens with zero attached hydrogens (tertiary/aromatic N) is 2. The molecule has 1 amide bonds. The average molecular weight is 499 g/mol. The van der Waals surface area contributed by atoms with Gasteiger partial charge in [-0.3, -0.25) is 14.5 Å². The molecule has 0 saturated heterocycles. The first-order valence-electron chi connectivity index (χ1n) is 12.9. The fourth-order valence-electron chi connectivity index (χ4n) is 5.25. The van der Waals surface area contributed by atoms with Gasteiger partial charge in [-0.2, -0.15) is 0 Å². The van der Waals surface area contributed by atoms with Gasteiger partial charge in [0.2, 0.25) is 5.91 Å². The molecule has 0 aromatic heterocycles. The number of allylic oxidation sites excluding steroid dienone is 3. The van der Waals surface area contributed by atoms with Crippen LogP contribution in [0.5, 0.6) is 11.5 Å². The van der Waals surface area contributed by atoms with E-state index in [-0.39, 0.29) is 17.1 Å². The van der Waals surface area contributed by atoms with Gasteiger partial charge in [-0.25, -0.2) is 0 Å². The number of carbonyl (C=O) groups is 2. The van der Waals surface area contributed by atoms with Crippen molar-refractivity contribution in [1.82, 2.24) is 9.80 Å². The number of hydrogen-bond donors (Lipinski definition) is 0. The van der Waals surface area contributed by atoms with Crippen molar-refractivity contribution in [3.8, 4) is 11.5 Å². The third kappa shape index (κ3) is 6.12. The smallest absolute Gasteiger partial charge is 0.225 e. The molecule has 1 saturated carbocycles. The Balaban J connectivity index is 1.37. The van der Waals surface area contributed by atoms with E-state index in [4.69, 9.17) is 9.47 Å². The molecule has 3 aliphatic rings. The van der Waals surface area contributed by atoms with Crippen LogP contribution >= 0.6 is 11.8 Å². The summed E-state index contributed by atoms with van der Waals surface area (Å²) in [6.07, 6.45) is 14.2. The van der Waals surface area contributed by atoms with Gasteiger partial charge in [0.1, 0.15) is 22.6 Å². The van der Waals surface area contributed by atoms with E-state index >= 15 is 0 Å². The number of thioether (sulfide) groups is 1. The van der Waals surface area contributed by atoms with Crippen LogP contribution in [0.15, 0.2) is 41.0 Å². The van der Waals surface area contributed by atoms with Crippen molar-refractivity contribution in [1.29, 1.82) is 0 Å². The van der Waals surface area contributed by atoms with Crippen molar-refractivity contribution in [2.45, 2.75) is 76.1 Å². The van der Waals surface area contributed by atoms with E-state index < -0.39 is 0 Å². The third-order valence-electron chi connectivity index (χ3n) is 7.22. The number of unbranched alkanes of at least 4 members (excludes halogenated alkanes) is 2. The van der Waals surface area contributed by atoms with Gasteiger partial charge in [0, 0.05) is 29.9 Å². The van der Waals surface area contributed by atoms with E-state index in [0.717, 1.165) is 41.6 Å². The molecule has 0 spiro atoms. The van der Waals surface area contributed by atoms with E-state index in [1.54, 1.807) is 12.0 Å². The number of carbonyl (C=O) groups excluding carboxylic acids is 2. The predicted octanol–water partition coefficient (Wildman–Crippen LogP) is 5.84. The molecule has 1 atom stereocenters. The molecular weight excluding hydrogens is 460 g/mol. The lowest BCUT2D eigenvalue weighted by Crippen LogP contribution is -2.34. The third-order valence-corrected chi connectivity index (χ3v) is 8.49. The Morgan fingerprint density at radius 3 is 2.71 bits per heavy atom. The summed E-state index contributed by atoms with van der Waals surface area (Å²) in [5, 5.41) is -0.349. The number of hydrogen-bond acceptors (Lipinski definition) is 6. The summed E-state index contributed by atoms with van der Waals surface area (Å²) >= 11 is 1.52. The minimum atomic E-state index is -0.349. The van der Waals surface area contributed by atoms with Crippen molar-refractivity contribution in [2.24, 2.45) is 0 Å². The molecule has 6 nitrogen and oxygen atoms in total. The molecule has 2 aliphatic carbocycles. The first-order valence-corrected chi connectivity index (χ1v) is 13.8. The molecule has 1 aliphatic heterocycles. The maximum atomic E-state index is 12.6. The summed E-state index contributed by atoms with van der Waals surface area (Å²) in [6.45, 7) is 3.28. The monoisotopic (exact) mass is 498 g/mol. The summed E-state index contributed by atoms with van der Waals surface area (Å²) in [5.74, 6) is 1.28. The normalized spacial score (nSPS) is 20.5. The number of rotatable bonds is 10. The van der Waals surface area contributed by atoms with Crippen LogP contribution < -0.4 is 9.47 Å². The minimum Gasteiger partial charge on any atom is -0.497 e. The summed E-state index contributed by atoms with van der Waals surface area (Å²) in [7, 11) is 3.90. The lowest BCUT2D eigenvalue weighted by atomic mass is 9.94. The fraction of sp³-hybridized carbons (Fsp3) is 0.571. The summed E-state index contributed by atoms with van der Waals surface area (Å²) in [4.78, 5) is 30.3. The summed E-state index contributed by atoms with van der Waals surface area (Å²) in [6, 6.07) is 6.48. The van der Waals surface area contributed by atoms with Crippen LogP contribution in [0.1, 0.15) is 75.6 Å². The number of ether oxygens (including phenoxy) is 2. The minimum absolute atomic E-state index is 0.0174. The maximum absolute atomic E-state index is 12.6. The van der Waals surface area contributed by atoms with Crippen LogP contribution in [-0.2, 0) is 9.59 Å². The van der Waals surface area contributed by atoms with E-state index in [0.29, 0.717) is 24.5 Å². The summed E-state index contributed by atoms with van der Waals surface area (Å²) in [5.41, 5.74) is 1.36. The van der Waals surface area contributed by atoms with Gasteiger partial charge in [-0.15, -0.1) is 0 Å². The van der Waals surface area contributed by atoms with E-state index in [1.165, 1.54) is 57.2 Å². The van der Waals surface area contributed by atoms with Gasteiger partial charge < -0.3 is 14.4 Å². The molecule has 1 fully saturated rings. The Hall–Kier alpha value is -2.25. The zero-order chi connectivity index (χ0) is 24.8. The highest BCUT2D eigenvalue weighted by atomic mass is 32.2. The fourth-order valence-corrected chi connectivity index (χ4v) is 6.66. The van der Waals surface area contributed by atoms with Gasteiger partial charge in [-0.1, -0.05) is 37.1 Å². The quantitative estimate of drug-likeness (QED) is 0.378. The molecule has 0 N–H and O–H groups in total. The second-order valence-electron chi connectivity index (χ2n) is 9.69. The highest BCUT2D eigenvalue weighted by Crippen LogP contribution is 2.52. The highest BCUT2D eigenvalue weighted by Gasteiger charge is 2.40. The van der Waals surface area contributed by atoms with Crippen molar-refractivity contribution in [3.63, 3.8) is 0 Å². The number of Topliss-reactive ketones (excluding diaryl/α,β-unsaturated/α-hetero) is 1. The van der Waals surface area contributed by atoms with Gasteiger partial charge >= 0.3 is 0 Å². The average Bonchev–Trinajstić information content (AvgIpc) is 3.27. The second kappa shape index (κ2) is 12.1. The highest BCUT2D eigenvalue weighted by molar-refractivity contribution is 8.03. The zero-order valence-electron chi connectivity index (χ0n) is 21.3. The predicted molar refractivity (Wildman–Crippen MR) is 140 cm³/mol. The Kier molecular flexibility index (Phi) is 8.95. The first kappa shape index (κ1) is 25.8. The molecule has 1 aromatic carbocycles. The second-order valence-corrected chi connectivity index (χ2v) is 10.8. The molecule has 1 heterocycles. The number of ketones is 1. The number of methoxy groups -OCH3 is 1. The van der Waals surface area contributed by atoms with Gasteiger partial charge in [0.05, 0.1) is 13.7 Å². The largest absolute Gasteiger partial charge is 0.497 e. The molecule has 0 radical (unpaired) electrons. The van der Waals surface area contributed by atoms with Crippen molar-refractivity contribution >= 4 is 23.5 Å². The molecule has 7 heteroatoms. The molecular formula is C28H38N2O4S. The van der Waals surface area contributed by atoms with Crippen LogP contribution in [0, 0.1) is 0 Å². The van der Waals surface area contributed by atoms with E-state index in [9.17, 15) is 9.59 Å². The van der Waals surface area contributed by atoms with Gasteiger partial charge in [0.25, 0.3) is 0 Å². The first-order chi connectivity index (χ1) is 17.0. The standard InChI is InChI=1S/C28H38N2O4S/c1-20(31)30-27-24(32)13-10-14-26(27)35-28(30)23-19-22(33-3)15-16-25(23)34-18-9-5-8-17-29(2)21-11-6-4-7-12-21/h10,14-16,19,21,28H,4-9,11-13,17-18H2,1-3H3. The van der Waals surface area contributed by atoms with Gasteiger partial charge in [0.15, 0.2) is 5.78 Å². The SMILES string of the molecule is COc1ccc(OCCCCCN(C)C2CCCCC2)c(C2SC3=C(C(=O)CC=C3)N2C(C)=O)c1. The van der Waals surface area contributed by atoms with Crippen LogP contribution in [0.4, 0.5) is 0 Å². The molecule has 190 valence electrons. The Bertz CT molecular complexity index is 983. The Morgan fingerprint density at radius 1 is 1.17 bits per heavy atom. The maximum Gasteiger partial charge on any atom is 0.225 e. The zero-order valence-corrected chi connectivity index (χ0v) is 22.1. The molecule has 4 rings (SSSR count). The van der Waals surface area contributed by atoms with Gasteiger partial charge in [-0.05, 0) is 70.0 Å². The van der Waals surface area contributed by atoms with Crippen molar-refractivity contribution in [3.05, 3.63) is 46.5 Å².